The summed E-state index contributed by atoms with van der Waals surface area (Å²) in [6, 6.07) is 11.9. The number of carboxylic acids is 1. The number of hydrogen-bond acceptors (Lipinski definition) is 7. The van der Waals surface area contributed by atoms with Crippen LogP contribution in [0.4, 0.5) is 10.5 Å². The summed E-state index contributed by atoms with van der Waals surface area (Å²) < 4.78 is 11.2. The third kappa shape index (κ3) is 6.27. The van der Waals surface area contributed by atoms with E-state index >= 15 is 0 Å². The first-order valence-corrected chi connectivity index (χ1v) is 10.9. The number of benzene rings is 2. The van der Waals surface area contributed by atoms with Gasteiger partial charge in [0.2, 0.25) is 0 Å². The van der Waals surface area contributed by atoms with E-state index in [-0.39, 0.29) is 34.6 Å². The third-order valence-electron chi connectivity index (χ3n) is 4.20. The predicted molar refractivity (Wildman–Crippen MR) is 124 cm³/mol. The molecule has 0 aromatic heterocycles. The van der Waals surface area contributed by atoms with Gasteiger partial charge in [0.05, 0.1) is 16.5 Å². The first-order chi connectivity index (χ1) is 15.8. The lowest BCUT2D eigenvalue weighted by molar-refractivity contribution is -0.140. The molecule has 1 saturated heterocycles. The topological polar surface area (TPSA) is 122 Å². The number of nitrogens with one attached hydrogen (secondary N) is 1. The zero-order chi connectivity index (χ0) is 24.0. The number of amides is 3. The molecule has 1 aliphatic rings. The van der Waals surface area contributed by atoms with E-state index in [2.05, 4.69) is 5.32 Å². The van der Waals surface area contributed by atoms with Crippen molar-refractivity contribution in [2.45, 2.75) is 6.92 Å². The van der Waals surface area contributed by atoms with Gasteiger partial charge in [0, 0.05) is 5.69 Å². The number of hydrogen-bond donors (Lipinski definition) is 2. The van der Waals surface area contributed by atoms with E-state index in [1.165, 1.54) is 12.1 Å². The monoisotopic (exact) mass is 490 g/mol. The molecule has 33 heavy (non-hydrogen) atoms. The number of imide groups is 1. The van der Waals surface area contributed by atoms with Crippen molar-refractivity contribution in [3.8, 4) is 11.5 Å². The molecule has 1 aliphatic heterocycles. The molecule has 2 N–H and O–H groups in total. The van der Waals surface area contributed by atoms with Crippen molar-refractivity contribution >= 4 is 58.1 Å². The maximum absolute atomic E-state index is 12.4. The van der Waals surface area contributed by atoms with Crippen LogP contribution in [-0.2, 0) is 14.4 Å². The highest BCUT2D eigenvalue weighted by Crippen LogP contribution is 2.39. The Hall–Kier alpha value is -3.50. The molecule has 0 aliphatic carbocycles. The quantitative estimate of drug-likeness (QED) is 0.508. The van der Waals surface area contributed by atoms with Crippen molar-refractivity contribution in [3.63, 3.8) is 0 Å². The Morgan fingerprint density at radius 1 is 1.18 bits per heavy atom. The van der Waals surface area contributed by atoms with Crippen LogP contribution < -0.4 is 14.8 Å². The van der Waals surface area contributed by atoms with Crippen molar-refractivity contribution < 1.29 is 33.8 Å². The standard InChI is InChI=1S/C22H19ClN2O7S/c1-2-31-16-9-13(10-17-21(29)25(11-19(27)28)22(30)33-17)8-15(23)20(16)32-12-18(26)24-14-6-4-3-5-7-14/h3-10H,2,11-12H2,1H3,(H,24,26)(H,27,28)/b17-10+. The number of carboxylic acid groups (broad SMARTS) is 1. The fourth-order valence-electron chi connectivity index (χ4n) is 2.85. The maximum atomic E-state index is 12.4. The summed E-state index contributed by atoms with van der Waals surface area (Å²) in [6.45, 7) is 0.998. The lowest BCUT2D eigenvalue weighted by atomic mass is 10.1. The Kier molecular flexibility index (Phi) is 7.96. The van der Waals surface area contributed by atoms with Crippen molar-refractivity contribution in [2.75, 3.05) is 25.1 Å². The largest absolute Gasteiger partial charge is 0.490 e. The van der Waals surface area contributed by atoms with Gasteiger partial charge in [-0.05, 0) is 54.6 Å². The van der Waals surface area contributed by atoms with Crippen molar-refractivity contribution in [2.24, 2.45) is 0 Å². The van der Waals surface area contributed by atoms with Gasteiger partial charge in [0.1, 0.15) is 6.54 Å². The number of aliphatic carboxylic acids is 1. The van der Waals surface area contributed by atoms with Gasteiger partial charge in [-0.15, -0.1) is 0 Å². The van der Waals surface area contributed by atoms with Crippen LogP contribution in [-0.4, -0.2) is 52.8 Å². The number of halogens is 1. The minimum absolute atomic E-state index is 0.0515. The highest BCUT2D eigenvalue weighted by Gasteiger charge is 2.36. The molecule has 2 aromatic carbocycles. The summed E-state index contributed by atoms with van der Waals surface area (Å²) in [5.41, 5.74) is 1.06. The van der Waals surface area contributed by atoms with Crippen LogP contribution in [0.3, 0.4) is 0 Å². The van der Waals surface area contributed by atoms with E-state index < -0.39 is 29.6 Å². The number of carbonyl (C=O) groups excluding carboxylic acids is 3. The van der Waals surface area contributed by atoms with E-state index in [4.69, 9.17) is 26.2 Å². The Morgan fingerprint density at radius 3 is 2.58 bits per heavy atom. The summed E-state index contributed by atoms with van der Waals surface area (Å²) in [4.78, 5) is 48.1. The maximum Gasteiger partial charge on any atom is 0.323 e. The molecule has 0 radical (unpaired) electrons. The van der Waals surface area contributed by atoms with Gasteiger partial charge >= 0.3 is 5.97 Å². The second-order valence-corrected chi connectivity index (χ2v) is 8.03. The number of rotatable bonds is 9. The number of carbonyl (C=O) groups is 4. The molecule has 3 amide bonds. The molecule has 3 rings (SSSR count). The van der Waals surface area contributed by atoms with Crippen LogP contribution in [0, 0.1) is 0 Å². The number of nitrogens with zero attached hydrogens (tertiary/aromatic N) is 1. The normalized spacial score (nSPS) is 14.5. The Morgan fingerprint density at radius 2 is 1.91 bits per heavy atom. The SMILES string of the molecule is CCOc1cc(/C=C2/SC(=O)N(CC(=O)O)C2=O)cc(Cl)c1OCC(=O)Nc1ccccc1. The first-order valence-electron chi connectivity index (χ1n) is 9.69. The van der Waals surface area contributed by atoms with Gasteiger partial charge < -0.3 is 19.9 Å². The first kappa shape index (κ1) is 24.1. The summed E-state index contributed by atoms with van der Waals surface area (Å²) in [6.07, 6.45) is 1.41. The third-order valence-corrected chi connectivity index (χ3v) is 5.39. The highest BCUT2D eigenvalue weighted by atomic mass is 35.5. The van der Waals surface area contributed by atoms with Crippen molar-refractivity contribution in [1.29, 1.82) is 0 Å². The van der Waals surface area contributed by atoms with Crippen LogP contribution >= 0.6 is 23.4 Å². The number of anilines is 1. The number of ether oxygens (including phenoxy) is 2. The predicted octanol–water partition coefficient (Wildman–Crippen LogP) is 3.88. The summed E-state index contributed by atoms with van der Waals surface area (Å²) >= 11 is 6.98. The van der Waals surface area contributed by atoms with Gasteiger partial charge in [-0.25, -0.2) is 0 Å². The zero-order valence-corrected chi connectivity index (χ0v) is 18.9. The summed E-state index contributed by atoms with van der Waals surface area (Å²) in [7, 11) is 0. The van der Waals surface area contributed by atoms with E-state index in [1.54, 1.807) is 37.3 Å². The van der Waals surface area contributed by atoms with Crippen LogP contribution in [0.1, 0.15) is 12.5 Å². The minimum atomic E-state index is -1.29. The van der Waals surface area contributed by atoms with E-state index in [9.17, 15) is 19.2 Å². The van der Waals surface area contributed by atoms with Crippen LogP contribution in [0.5, 0.6) is 11.5 Å². The smallest absolute Gasteiger partial charge is 0.323 e. The van der Waals surface area contributed by atoms with Crippen LogP contribution in [0.25, 0.3) is 6.08 Å². The second-order valence-electron chi connectivity index (χ2n) is 6.63. The Bertz CT molecular complexity index is 1120. The Balaban J connectivity index is 1.77. The number of thioether (sulfide) groups is 1. The van der Waals surface area contributed by atoms with E-state index in [0.29, 0.717) is 27.9 Å². The van der Waals surface area contributed by atoms with E-state index in [0.717, 1.165) is 0 Å². The molecule has 2 aromatic rings. The van der Waals surface area contributed by atoms with E-state index in [1.807, 2.05) is 6.07 Å². The fraction of sp³-hybridized carbons (Fsp3) is 0.182. The molecule has 1 heterocycles. The summed E-state index contributed by atoms with van der Waals surface area (Å²) in [5, 5.41) is 11.0. The highest BCUT2D eigenvalue weighted by molar-refractivity contribution is 8.18. The van der Waals surface area contributed by atoms with Gasteiger partial charge in [0.15, 0.2) is 18.1 Å². The molecule has 0 spiro atoms. The van der Waals surface area contributed by atoms with Gasteiger partial charge in [-0.1, -0.05) is 29.8 Å². The average molecular weight is 491 g/mol. The van der Waals surface area contributed by atoms with Crippen molar-refractivity contribution in [3.05, 3.63) is 58.0 Å². The Labute approximate surface area is 198 Å². The molecular weight excluding hydrogens is 472 g/mol. The molecular formula is C22H19ClN2O7S. The fourth-order valence-corrected chi connectivity index (χ4v) is 3.97. The van der Waals surface area contributed by atoms with Crippen LogP contribution in [0.2, 0.25) is 5.02 Å². The van der Waals surface area contributed by atoms with Crippen LogP contribution in [0.15, 0.2) is 47.4 Å². The lowest BCUT2D eigenvalue weighted by Crippen LogP contribution is -2.33. The lowest BCUT2D eigenvalue weighted by Gasteiger charge is -2.14. The molecule has 11 heteroatoms. The average Bonchev–Trinajstić information content (AvgIpc) is 3.01. The molecule has 9 nitrogen and oxygen atoms in total. The summed E-state index contributed by atoms with van der Waals surface area (Å²) in [5.74, 6) is -2.00. The van der Waals surface area contributed by atoms with Gasteiger partial charge in [-0.2, -0.15) is 0 Å². The van der Waals surface area contributed by atoms with Gasteiger partial charge in [-0.3, -0.25) is 24.1 Å². The molecule has 0 saturated carbocycles. The minimum Gasteiger partial charge on any atom is -0.490 e. The zero-order valence-electron chi connectivity index (χ0n) is 17.4. The molecule has 0 atom stereocenters. The van der Waals surface area contributed by atoms with Crippen molar-refractivity contribution in [1.82, 2.24) is 4.90 Å². The second kappa shape index (κ2) is 10.9. The van der Waals surface area contributed by atoms with Gasteiger partial charge in [0.25, 0.3) is 17.1 Å². The number of para-hydroxylation sites is 1. The molecule has 1 fully saturated rings. The molecule has 0 unspecified atom stereocenters. The molecule has 172 valence electrons. The molecule has 0 bridgehead atoms.